The third-order valence-electron chi connectivity index (χ3n) is 5.77. The molecule has 1 aliphatic heterocycles. The number of anilines is 1. The van der Waals surface area contributed by atoms with Gasteiger partial charge in [0.25, 0.3) is 11.8 Å². The molecule has 1 N–H and O–H groups in total. The van der Waals surface area contributed by atoms with E-state index >= 15 is 0 Å². The van der Waals surface area contributed by atoms with Gasteiger partial charge in [-0.05, 0) is 61.9 Å². The molecule has 8 nitrogen and oxygen atoms in total. The minimum Gasteiger partial charge on any atom is -0.350 e. The Labute approximate surface area is 206 Å². The van der Waals surface area contributed by atoms with Crippen LogP contribution in [-0.2, 0) is 0 Å². The van der Waals surface area contributed by atoms with Crippen LogP contribution in [0.3, 0.4) is 0 Å². The van der Waals surface area contributed by atoms with Gasteiger partial charge in [-0.25, -0.2) is 9.78 Å². The lowest BCUT2D eigenvalue weighted by Crippen LogP contribution is -2.47. The zero-order valence-corrected chi connectivity index (χ0v) is 20.6. The summed E-state index contributed by atoms with van der Waals surface area (Å²) in [6.45, 7) is 8.64. The highest BCUT2D eigenvalue weighted by Crippen LogP contribution is 2.21. The van der Waals surface area contributed by atoms with Crippen LogP contribution in [0.5, 0.6) is 0 Å². The van der Waals surface area contributed by atoms with E-state index < -0.39 is 11.9 Å². The van der Waals surface area contributed by atoms with Crippen LogP contribution in [0.1, 0.15) is 66.8 Å². The van der Waals surface area contributed by atoms with Crippen LogP contribution in [-0.4, -0.2) is 40.3 Å². The highest BCUT2D eigenvalue weighted by molar-refractivity contribution is 6.10. The van der Waals surface area contributed by atoms with Crippen molar-refractivity contribution >= 4 is 23.7 Å². The molecule has 8 heteroatoms. The standard InChI is InChI=1S/C27H31N5O3/c1-18(2)14-19(3)15-20(4)30-25(33)22-10-11-24(29-17-22)31-12-7-13-32(27(31)35)26(34)23-9-6-5-8-21(23)16-28/h5-12,17-20H,13-15H2,1-4H3,(H,30,33). The number of benzene rings is 1. The third kappa shape index (κ3) is 6.33. The second-order valence-electron chi connectivity index (χ2n) is 9.36. The van der Waals surface area contributed by atoms with Gasteiger partial charge in [-0.1, -0.05) is 32.9 Å². The highest BCUT2D eigenvalue weighted by Gasteiger charge is 2.31. The van der Waals surface area contributed by atoms with E-state index in [9.17, 15) is 19.6 Å². The van der Waals surface area contributed by atoms with Crippen molar-refractivity contribution in [1.82, 2.24) is 15.2 Å². The summed E-state index contributed by atoms with van der Waals surface area (Å²) in [5, 5.41) is 12.3. The molecule has 2 unspecified atom stereocenters. The van der Waals surface area contributed by atoms with E-state index in [1.807, 2.05) is 13.0 Å². The first-order valence-electron chi connectivity index (χ1n) is 11.8. The molecule has 0 saturated carbocycles. The SMILES string of the molecule is CC(C)CC(C)CC(C)NC(=O)c1ccc(N2C=CCN(C(=O)c3ccccc3C#N)C2=O)nc1. The predicted molar refractivity (Wildman–Crippen MR) is 134 cm³/mol. The van der Waals surface area contributed by atoms with E-state index in [1.54, 1.807) is 36.5 Å². The van der Waals surface area contributed by atoms with Crippen LogP contribution < -0.4 is 10.2 Å². The first-order valence-corrected chi connectivity index (χ1v) is 11.8. The second-order valence-corrected chi connectivity index (χ2v) is 9.36. The summed E-state index contributed by atoms with van der Waals surface area (Å²) < 4.78 is 0. The summed E-state index contributed by atoms with van der Waals surface area (Å²) >= 11 is 0. The van der Waals surface area contributed by atoms with E-state index in [1.165, 1.54) is 23.2 Å². The molecular formula is C27H31N5O3. The minimum absolute atomic E-state index is 0.0263. The Kier molecular flexibility index (Phi) is 8.37. The monoisotopic (exact) mass is 473 g/mol. The van der Waals surface area contributed by atoms with Crippen molar-refractivity contribution in [1.29, 1.82) is 5.26 Å². The molecule has 2 heterocycles. The first-order chi connectivity index (χ1) is 16.7. The maximum absolute atomic E-state index is 13.1. The number of aromatic nitrogens is 1. The molecule has 0 aliphatic carbocycles. The Balaban J connectivity index is 1.67. The molecule has 0 fully saturated rings. The Morgan fingerprint density at radius 3 is 2.51 bits per heavy atom. The average molecular weight is 474 g/mol. The summed E-state index contributed by atoms with van der Waals surface area (Å²) in [4.78, 5) is 45.3. The molecule has 1 aromatic heterocycles. The Morgan fingerprint density at radius 2 is 1.86 bits per heavy atom. The topological polar surface area (TPSA) is 106 Å². The average Bonchev–Trinajstić information content (AvgIpc) is 2.83. The summed E-state index contributed by atoms with van der Waals surface area (Å²) in [6, 6.07) is 11.0. The summed E-state index contributed by atoms with van der Waals surface area (Å²) in [6.07, 6.45) is 6.62. The van der Waals surface area contributed by atoms with Crippen LogP contribution >= 0.6 is 0 Å². The van der Waals surface area contributed by atoms with Gasteiger partial charge in [0, 0.05) is 18.4 Å². The Hall–Kier alpha value is -3.99. The molecule has 182 valence electrons. The van der Waals surface area contributed by atoms with E-state index in [0.29, 0.717) is 17.4 Å². The molecule has 0 radical (unpaired) electrons. The van der Waals surface area contributed by atoms with E-state index in [0.717, 1.165) is 17.7 Å². The summed E-state index contributed by atoms with van der Waals surface area (Å²) in [5.74, 6) is 0.626. The molecule has 0 spiro atoms. The van der Waals surface area contributed by atoms with Gasteiger partial charge in [0.05, 0.1) is 29.3 Å². The molecule has 1 aromatic carbocycles. The molecule has 35 heavy (non-hydrogen) atoms. The van der Waals surface area contributed by atoms with Crippen LogP contribution in [0.2, 0.25) is 0 Å². The number of nitrogens with one attached hydrogen (secondary N) is 1. The van der Waals surface area contributed by atoms with Crippen molar-refractivity contribution in [3.63, 3.8) is 0 Å². The maximum atomic E-state index is 13.1. The van der Waals surface area contributed by atoms with Gasteiger partial charge >= 0.3 is 6.03 Å². The smallest absolute Gasteiger partial charge is 0.337 e. The van der Waals surface area contributed by atoms with E-state index in [-0.39, 0.29) is 35.4 Å². The number of nitriles is 1. The first kappa shape index (κ1) is 25.6. The van der Waals surface area contributed by atoms with Gasteiger partial charge in [-0.3, -0.25) is 19.4 Å². The fourth-order valence-corrected chi connectivity index (χ4v) is 4.32. The number of amides is 4. The lowest BCUT2D eigenvalue weighted by atomic mass is 9.93. The predicted octanol–water partition coefficient (Wildman–Crippen LogP) is 4.74. The lowest BCUT2D eigenvalue weighted by molar-refractivity contribution is 0.0817. The normalized spacial score (nSPS) is 15.0. The number of urea groups is 1. The van der Waals surface area contributed by atoms with E-state index in [4.69, 9.17) is 0 Å². The zero-order chi connectivity index (χ0) is 25.5. The molecule has 4 amide bonds. The molecule has 0 saturated heterocycles. The van der Waals surface area contributed by atoms with Crippen LogP contribution in [0.15, 0.2) is 54.9 Å². The lowest BCUT2D eigenvalue weighted by Gasteiger charge is -2.29. The van der Waals surface area contributed by atoms with Gasteiger partial charge in [0.2, 0.25) is 0 Å². The van der Waals surface area contributed by atoms with Crippen molar-refractivity contribution in [2.75, 3.05) is 11.4 Å². The largest absolute Gasteiger partial charge is 0.350 e. The van der Waals surface area contributed by atoms with Crippen LogP contribution in [0.25, 0.3) is 0 Å². The number of hydrogen-bond donors (Lipinski definition) is 1. The molecule has 2 atom stereocenters. The molecule has 3 rings (SSSR count). The van der Waals surface area contributed by atoms with Crippen molar-refractivity contribution < 1.29 is 14.4 Å². The third-order valence-corrected chi connectivity index (χ3v) is 5.77. The number of carbonyl (C=O) groups is 3. The fraction of sp³-hybridized carbons (Fsp3) is 0.370. The van der Waals surface area contributed by atoms with Gasteiger partial charge in [-0.15, -0.1) is 0 Å². The van der Waals surface area contributed by atoms with Crippen LogP contribution in [0.4, 0.5) is 10.6 Å². The molecule has 1 aliphatic rings. The summed E-state index contributed by atoms with van der Waals surface area (Å²) in [7, 11) is 0. The minimum atomic E-state index is -0.581. The maximum Gasteiger partial charge on any atom is 0.337 e. The zero-order valence-electron chi connectivity index (χ0n) is 20.6. The number of carbonyl (C=O) groups excluding carboxylic acids is 3. The number of rotatable bonds is 8. The van der Waals surface area contributed by atoms with Crippen molar-refractivity contribution in [3.8, 4) is 6.07 Å². The Bertz CT molecular complexity index is 1150. The van der Waals surface area contributed by atoms with Gasteiger partial charge in [0.15, 0.2) is 0 Å². The Morgan fingerprint density at radius 1 is 1.11 bits per heavy atom. The number of imide groups is 1. The fourth-order valence-electron chi connectivity index (χ4n) is 4.32. The molecule has 2 aromatic rings. The van der Waals surface area contributed by atoms with Gasteiger partial charge in [0.1, 0.15) is 5.82 Å². The number of nitrogens with zero attached hydrogens (tertiary/aromatic N) is 4. The summed E-state index contributed by atoms with van der Waals surface area (Å²) in [5.41, 5.74) is 0.754. The molecular weight excluding hydrogens is 442 g/mol. The van der Waals surface area contributed by atoms with Crippen molar-refractivity contribution in [2.24, 2.45) is 11.8 Å². The van der Waals surface area contributed by atoms with Crippen LogP contribution in [0, 0.1) is 23.2 Å². The van der Waals surface area contributed by atoms with Gasteiger partial charge in [-0.2, -0.15) is 5.26 Å². The number of pyridine rings is 1. The van der Waals surface area contributed by atoms with Crippen molar-refractivity contribution in [3.05, 3.63) is 71.6 Å². The number of hydrogen-bond acceptors (Lipinski definition) is 5. The van der Waals surface area contributed by atoms with Gasteiger partial charge < -0.3 is 5.32 Å². The molecule has 0 bridgehead atoms. The van der Waals surface area contributed by atoms with Crippen molar-refractivity contribution in [2.45, 2.75) is 46.6 Å². The van der Waals surface area contributed by atoms with E-state index in [2.05, 4.69) is 31.1 Å². The highest BCUT2D eigenvalue weighted by atomic mass is 16.2. The quantitative estimate of drug-likeness (QED) is 0.596. The second kappa shape index (κ2) is 11.4.